The van der Waals surface area contributed by atoms with E-state index in [9.17, 15) is 14.7 Å². The molecule has 2 aromatic rings. The van der Waals surface area contributed by atoms with Crippen LogP contribution in [0.4, 0.5) is 5.69 Å². The fourth-order valence-electron chi connectivity index (χ4n) is 2.06. The normalized spacial score (nSPS) is 10.1. The van der Waals surface area contributed by atoms with E-state index in [1.165, 1.54) is 6.07 Å². The van der Waals surface area contributed by atoms with Crippen LogP contribution in [-0.2, 0) is 4.79 Å². The minimum absolute atomic E-state index is 0.0587. The predicted octanol–water partition coefficient (Wildman–Crippen LogP) is 2.47. The Morgan fingerprint density at radius 2 is 1.83 bits per heavy atom. The third-order valence-corrected chi connectivity index (χ3v) is 3.25. The summed E-state index contributed by atoms with van der Waals surface area (Å²) in [6.07, 6.45) is 0. The molecule has 0 aromatic heterocycles. The average molecular weight is 328 g/mol. The van der Waals surface area contributed by atoms with Crippen LogP contribution < -0.4 is 15.4 Å². The molecular weight excluding hydrogens is 308 g/mol. The SMILES string of the molecule is CCNC(=O)COc1ccc(NC(=O)c2ccc(C)cc2O)cc1. The number of hydrogen-bond donors (Lipinski definition) is 3. The largest absolute Gasteiger partial charge is 0.507 e. The molecule has 126 valence electrons. The van der Waals surface area contributed by atoms with Crippen molar-refractivity contribution in [2.24, 2.45) is 0 Å². The molecule has 3 N–H and O–H groups in total. The number of benzene rings is 2. The first-order chi connectivity index (χ1) is 11.5. The number of amides is 2. The fraction of sp³-hybridized carbons (Fsp3) is 0.222. The van der Waals surface area contributed by atoms with Gasteiger partial charge >= 0.3 is 0 Å². The maximum absolute atomic E-state index is 12.2. The summed E-state index contributed by atoms with van der Waals surface area (Å²) >= 11 is 0. The summed E-state index contributed by atoms with van der Waals surface area (Å²) in [7, 11) is 0. The second-order valence-electron chi connectivity index (χ2n) is 5.24. The Morgan fingerprint density at radius 3 is 2.46 bits per heavy atom. The van der Waals surface area contributed by atoms with Crippen LogP contribution in [0.5, 0.6) is 11.5 Å². The van der Waals surface area contributed by atoms with E-state index in [0.29, 0.717) is 18.0 Å². The highest BCUT2D eigenvalue weighted by Crippen LogP contribution is 2.21. The number of phenols is 1. The van der Waals surface area contributed by atoms with Gasteiger partial charge < -0.3 is 20.5 Å². The van der Waals surface area contributed by atoms with Crippen LogP contribution in [0.3, 0.4) is 0 Å². The Bertz CT molecular complexity index is 726. The number of aryl methyl sites for hydroxylation is 1. The molecule has 0 unspecified atom stereocenters. The van der Waals surface area contributed by atoms with Crippen LogP contribution >= 0.6 is 0 Å². The molecule has 0 bridgehead atoms. The molecule has 0 radical (unpaired) electrons. The van der Waals surface area contributed by atoms with E-state index in [4.69, 9.17) is 4.74 Å². The standard InChI is InChI=1S/C18H20N2O4/c1-3-19-17(22)11-24-14-7-5-13(6-8-14)20-18(23)15-9-4-12(2)10-16(15)21/h4-10,21H,3,11H2,1-2H3,(H,19,22)(H,20,23). The number of phenolic OH excluding ortho intramolecular Hbond substituents is 1. The number of hydrogen-bond acceptors (Lipinski definition) is 4. The Balaban J connectivity index is 1.96. The molecular formula is C18H20N2O4. The molecule has 0 fully saturated rings. The quantitative estimate of drug-likeness (QED) is 0.760. The van der Waals surface area contributed by atoms with Crippen LogP contribution in [0.2, 0.25) is 0 Å². The average Bonchev–Trinajstić information content (AvgIpc) is 2.54. The first kappa shape index (κ1) is 17.3. The monoisotopic (exact) mass is 328 g/mol. The summed E-state index contributed by atoms with van der Waals surface area (Å²) in [6, 6.07) is 11.5. The van der Waals surface area contributed by atoms with Crippen LogP contribution in [0, 0.1) is 6.92 Å². The smallest absolute Gasteiger partial charge is 0.259 e. The van der Waals surface area contributed by atoms with Crippen molar-refractivity contribution in [2.75, 3.05) is 18.5 Å². The van der Waals surface area contributed by atoms with Crippen molar-refractivity contribution in [3.63, 3.8) is 0 Å². The number of anilines is 1. The molecule has 0 spiro atoms. The van der Waals surface area contributed by atoms with Gasteiger partial charge in [0.25, 0.3) is 11.8 Å². The van der Waals surface area contributed by atoms with Gasteiger partial charge in [-0.3, -0.25) is 9.59 Å². The molecule has 0 atom stereocenters. The molecule has 0 aliphatic heterocycles. The molecule has 2 rings (SSSR count). The van der Waals surface area contributed by atoms with Crippen molar-refractivity contribution in [2.45, 2.75) is 13.8 Å². The number of nitrogens with one attached hydrogen (secondary N) is 2. The van der Waals surface area contributed by atoms with Gasteiger partial charge in [-0.15, -0.1) is 0 Å². The van der Waals surface area contributed by atoms with Gasteiger partial charge in [-0.2, -0.15) is 0 Å². The van der Waals surface area contributed by atoms with Crippen LogP contribution in [0.1, 0.15) is 22.8 Å². The van der Waals surface area contributed by atoms with E-state index in [-0.39, 0.29) is 23.8 Å². The van der Waals surface area contributed by atoms with E-state index < -0.39 is 5.91 Å². The van der Waals surface area contributed by atoms with Crippen molar-refractivity contribution in [1.29, 1.82) is 0 Å². The molecule has 24 heavy (non-hydrogen) atoms. The highest BCUT2D eigenvalue weighted by molar-refractivity contribution is 6.06. The zero-order chi connectivity index (χ0) is 17.5. The molecule has 0 aliphatic rings. The molecule has 0 saturated heterocycles. The summed E-state index contributed by atoms with van der Waals surface area (Å²) in [5, 5.41) is 15.2. The molecule has 6 nitrogen and oxygen atoms in total. The number of likely N-dealkylation sites (N-methyl/N-ethyl adjacent to an activating group) is 1. The number of carbonyl (C=O) groups is 2. The second-order valence-corrected chi connectivity index (χ2v) is 5.24. The maximum atomic E-state index is 12.2. The van der Waals surface area contributed by atoms with E-state index in [2.05, 4.69) is 10.6 Å². The summed E-state index contributed by atoms with van der Waals surface area (Å²) in [5.74, 6) is -0.125. The minimum atomic E-state index is -0.400. The summed E-state index contributed by atoms with van der Waals surface area (Å²) in [4.78, 5) is 23.5. The van der Waals surface area contributed by atoms with Crippen molar-refractivity contribution < 1.29 is 19.4 Å². The Kier molecular flexibility index (Phi) is 5.78. The van der Waals surface area contributed by atoms with Gasteiger partial charge in [0, 0.05) is 12.2 Å². The Labute approximate surface area is 140 Å². The number of rotatable bonds is 6. The third-order valence-electron chi connectivity index (χ3n) is 3.25. The first-order valence-corrected chi connectivity index (χ1v) is 7.60. The van der Waals surface area contributed by atoms with Gasteiger partial charge in [-0.05, 0) is 55.8 Å². The molecule has 0 heterocycles. The van der Waals surface area contributed by atoms with Gasteiger partial charge in [0.15, 0.2) is 6.61 Å². The fourth-order valence-corrected chi connectivity index (χ4v) is 2.06. The zero-order valence-corrected chi connectivity index (χ0v) is 13.6. The molecule has 6 heteroatoms. The molecule has 2 amide bonds. The van der Waals surface area contributed by atoms with E-state index in [1.54, 1.807) is 36.4 Å². The van der Waals surface area contributed by atoms with Gasteiger partial charge in [0.05, 0.1) is 5.56 Å². The predicted molar refractivity (Wildman–Crippen MR) is 91.4 cm³/mol. The van der Waals surface area contributed by atoms with Crippen molar-refractivity contribution in [3.8, 4) is 11.5 Å². The summed E-state index contributed by atoms with van der Waals surface area (Å²) in [6.45, 7) is 4.16. The highest BCUT2D eigenvalue weighted by atomic mass is 16.5. The van der Waals surface area contributed by atoms with E-state index in [1.807, 2.05) is 13.8 Å². The Hall–Kier alpha value is -3.02. The lowest BCUT2D eigenvalue weighted by Crippen LogP contribution is -2.28. The third kappa shape index (κ3) is 4.74. The lowest BCUT2D eigenvalue weighted by atomic mass is 10.1. The van der Waals surface area contributed by atoms with E-state index in [0.717, 1.165) is 5.56 Å². The molecule has 0 saturated carbocycles. The van der Waals surface area contributed by atoms with Gasteiger partial charge in [-0.25, -0.2) is 0 Å². The van der Waals surface area contributed by atoms with Crippen LogP contribution in [-0.4, -0.2) is 30.1 Å². The van der Waals surface area contributed by atoms with Crippen LogP contribution in [0.25, 0.3) is 0 Å². The zero-order valence-electron chi connectivity index (χ0n) is 13.6. The van der Waals surface area contributed by atoms with Gasteiger partial charge in [0.2, 0.25) is 0 Å². The van der Waals surface area contributed by atoms with Crippen molar-refractivity contribution >= 4 is 17.5 Å². The molecule has 2 aromatic carbocycles. The summed E-state index contributed by atoms with van der Waals surface area (Å²) in [5.41, 5.74) is 1.64. The first-order valence-electron chi connectivity index (χ1n) is 7.60. The van der Waals surface area contributed by atoms with Crippen LogP contribution in [0.15, 0.2) is 42.5 Å². The lowest BCUT2D eigenvalue weighted by Gasteiger charge is -2.09. The maximum Gasteiger partial charge on any atom is 0.259 e. The highest BCUT2D eigenvalue weighted by Gasteiger charge is 2.11. The number of ether oxygens (including phenoxy) is 1. The van der Waals surface area contributed by atoms with Crippen molar-refractivity contribution in [1.82, 2.24) is 5.32 Å². The van der Waals surface area contributed by atoms with Crippen molar-refractivity contribution in [3.05, 3.63) is 53.6 Å². The van der Waals surface area contributed by atoms with E-state index >= 15 is 0 Å². The van der Waals surface area contributed by atoms with Gasteiger partial charge in [0.1, 0.15) is 11.5 Å². The lowest BCUT2D eigenvalue weighted by molar-refractivity contribution is -0.122. The molecule has 0 aliphatic carbocycles. The topological polar surface area (TPSA) is 87.7 Å². The number of carbonyl (C=O) groups excluding carboxylic acids is 2. The Morgan fingerprint density at radius 1 is 1.12 bits per heavy atom. The summed E-state index contributed by atoms with van der Waals surface area (Å²) < 4.78 is 5.33. The second kappa shape index (κ2) is 8.01. The minimum Gasteiger partial charge on any atom is -0.507 e. The van der Waals surface area contributed by atoms with Gasteiger partial charge in [-0.1, -0.05) is 6.07 Å². The number of aromatic hydroxyl groups is 1.